The van der Waals surface area contributed by atoms with Crippen LogP contribution in [0.1, 0.15) is 46.1 Å². The number of carbonyl (C=O) groups is 2. The summed E-state index contributed by atoms with van der Waals surface area (Å²) in [5.41, 5.74) is 1.25. The van der Waals surface area contributed by atoms with Crippen molar-refractivity contribution in [1.82, 2.24) is 0 Å². The standard InChI is InChI=1S/C19H23NO3.C2H6/c1-6-8-14(7-2)17(19(4,5)18(22)23)15-9-11-16(12-10-15)20-13(3)21;1-2/h6-12,17H,1-2H2,3-5H3,(H,20,21)(H,22,23);1-2H3/b14-8+;. The van der Waals surface area contributed by atoms with Crippen LogP contribution in [0.5, 0.6) is 0 Å². The van der Waals surface area contributed by atoms with Gasteiger partial charge in [0.25, 0.3) is 0 Å². The fourth-order valence-electron chi connectivity index (χ4n) is 2.53. The van der Waals surface area contributed by atoms with Crippen molar-refractivity contribution in [3.8, 4) is 0 Å². The number of rotatable bonds is 7. The van der Waals surface area contributed by atoms with Crippen LogP contribution >= 0.6 is 0 Å². The van der Waals surface area contributed by atoms with E-state index in [1.807, 2.05) is 26.0 Å². The van der Waals surface area contributed by atoms with Crippen molar-refractivity contribution in [2.45, 2.75) is 40.5 Å². The first-order chi connectivity index (χ1) is 11.7. The first-order valence-electron chi connectivity index (χ1n) is 8.30. The summed E-state index contributed by atoms with van der Waals surface area (Å²) in [5.74, 6) is -1.44. The SMILES string of the molecule is C=C/C=C(\C=C)C(c1ccc(NC(C)=O)cc1)C(C)(C)C(=O)O.CC. The molecule has 2 N–H and O–H groups in total. The molecule has 0 saturated heterocycles. The predicted molar refractivity (Wildman–Crippen MR) is 105 cm³/mol. The van der Waals surface area contributed by atoms with Gasteiger partial charge in [0.05, 0.1) is 5.41 Å². The lowest BCUT2D eigenvalue weighted by molar-refractivity contribution is -0.147. The van der Waals surface area contributed by atoms with E-state index in [2.05, 4.69) is 18.5 Å². The summed E-state index contributed by atoms with van der Waals surface area (Å²) in [4.78, 5) is 22.8. The molecule has 1 aromatic carbocycles. The molecule has 1 unspecified atom stereocenters. The van der Waals surface area contributed by atoms with Crippen LogP contribution < -0.4 is 5.32 Å². The number of aliphatic carboxylic acids is 1. The molecule has 1 atom stereocenters. The second-order valence-corrected chi connectivity index (χ2v) is 5.87. The van der Waals surface area contributed by atoms with Crippen LogP contribution in [0.3, 0.4) is 0 Å². The number of allylic oxidation sites excluding steroid dienone is 4. The first-order valence-corrected chi connectivity index (χ1v) is 8.30. The van der Waals surface area contributed by atoms with Crippen molar-refractivity contribution in [2.24, 2.45) is 5.41 Å². The molecule has 0 aliphatic heterocycles. The van der Waals surface area contributed by atoms with Gasteiger partial charge in [-0.1, -0.05) is 57.4 Å². The third kappa shape index (κ3) is 6.07. The van der Waals surface area contributed by atoms with Crippen molar-refractivity contribution in [1.29, 1.82) is 0 Å². The quantitative estimate of drug-likeness (QED) is 0.672. The van der Waals surface area contributed by atoms with Gasteiger partial charge in [0.2, 0.25) is 5.91 Å². The Kier molecular flexibility index (Phi) is 9.21. The maximum absolute atomic E-state index is 11.7. The van der Waals surface area contributed by atoms with Gasteiger partial charge in [-0.2, -0.15) is 0 Å². The second-order valence-electron chi connectivity index (χ2n) is 5.87. The number of nitrogens with one attached hydrogen (secondary N) is 1. The summed E-state index contributed by atoms with van der Waals surface area (Å²) in [7, 11) is 0. The zero-order chi connectivity index (χ0) is 19.6. The average molecular weight is 343 g/mol. The number of anilines is 1. The summed E-state index contributed by atoms with van der Waals surface area (Å²) in [5, 5.41) is 12.3. The predicted octanol–water partition coefficient (Wildman–Crippen LogP) is 5.16. The van der Waals surface area contributed by atoms with E-state index in [-0.39, 0.29) is 11.8 Å². The lowest BCUT2D eigenvalue weighted by Gasteiger charge is -2.32. The van der Waals surface area contributed by atoms with Gasteiger partial charge in [-0.05, 0) is 37.1 Å². The molecule has 0 aliphatic rings. The number of amides is 1. The number of hydrogen-bond donors (Lipinski definition) is 2. The first kappa shape index (κ1) is 22.4. The van der Waals surface area contributed by atoms with Gasteiger partial charge in [0.1, 0.15) is 0 Å². The molecule has 1 aromatic rings. The van der Waals surface area contributed by atoms with Crippen LogP contribution in [0.2, 0.25) is 0 Å². The molecule has 1 rings (SSSR count). The minimum absolute atomic E-state index is 0.154. The van der Waals surface area contributed by atoms with Gasteiger partial charge in [-0.3, -0.25) is 9.59 Å². The molecular formula is C21H29NO3. The van der Waals surface area contributed by atoms with Crippen LogP contribution in [0.15, 0.2) is 61.2 Å². The van der Waals surface area contributed by atoms with Gasteiger partial charge in [-0.15, -0.1) is 0 Å². The van der Waals surface area contributed by atoms with Gasteiger partial charge in [-0.25, -0.2) is 0 Å². The molecule has 0 bridgehead atoms. The number of hydrogen-bond acceptors (Lipinski definition) is 2. The summed E-state index contributed by atoms with van der Waals surface area (Å²) < 4.78 is 0. The molecule has 0 fully saturated rings. The Morgan fingerprint density at radius 2 is 1.68 bits per heavy atom. The molecule has 0 heterocycles. The summed E-state index contributed by atoms with van der Waals surface area (Å²) in [6.07, 6.45) is 5.04. The highest BCUT2D eigenvalue weighted by atomic mass is 16.4. The van der Waals surface area contributed by atoms with Crippen molar-refractivity contribution in [3.05, 3.63) is 66.8 Å². The molecule has 136 valence electrons. The Morgan fingerprint density at radius 3 is 2.04 bits per heavy atom. The highest BCUT2D eigenvalue weighted by Crippen LogP contribution is 2.42. The van der Waals surface area contributed by atoms with Crippen LogP contribution in [-0.4, -0.2) is 17.0 Å². The number of carboxylic acids is 1. The highest BCUT2D eigenvalue weighted by molar-refractivity contribution is 5.88. The number of benzene rings is 1. The van der Waals surface area contributed by atoms with Gasteiger partial charge < -0.3 is 10.4 Å². The summed E-state index contributed by atoms with van der Waals surface area (Å²) in [6.45, 7) is 16.3. The Morgan fingerprint density at radius 1 is 1.16 bits per heavy atom. The largest absolute Gasteiger partial charge is 0.481 e. The topological polar surface area (TPSA) is 66.4 Å². The van der Waals surface area contributed by atoms with Crippen LogP contribution in [0, 0.1) is 5.41 Å². The van der Waals surface area contributed by atoms with E-state index in [0.717, 1.165) is 11.1 Å². The number of carbonyl (C=O) groups excluding carboxylic acids is 1. The Balaban J connectivity index is 0.00000277. The van der Waals surface area contributed by atoms with Crippen molar-refractivity contribution in [2.75, 3.05) is 5.32 Å². The lowest BCUT2D eigenvalue weighted by Crippen LogP contribution is -2.32. The molecule has 0 aliphatic carbocycles. The smallest absolute Gasteiger partial charge is 0.310 e. The van der Waals surface area contributed by atoms with E-state index >= 15 is 0 Å². The normalized spacial score (nSPS) is 12.3. The highest BCUT2D eigenvalue weighted by Gasteiger charge is 2.39. The zero-order valence-corrected chi connectivity index (χ0v) is 15.8. The minimum atomic E-state index is -1.03. The minimum Gasteiger partial charge on any atom is -0.481 e. The Hall–Kier alpha value is -2.62. The second kappa shape index (κ2) is 10.3. The molecule has 4 heteroatoms. The van der Waals surface area contributed by atoms with E-state index in [1.165, 1.54) is 6.92 Å². The zero-order valence-electron chi connectivity index (χ0n) is 15.8. The van der Waals surface area contributed by atoms with Gasteiger partial charge in [0.15, 0.2) is 0 Å². The van der Waals surface area contributed by atoms with Crippen LogP contribution in [-0.2, 0) is 9.59 Å². The summed E-state index contributed by atoms with van der Waals surface area (Å²) in [6, 6.07) is 7.16. The molecule has 25 heavy (non-hydrogen) atoms. The molecule has 0 radical (unpaired) electrons. The lowest BCUT2D eigenvalue weighted by atomic mass is 9.70. The van der Waals surface area contributed by atoms with Crippen LogP contribution in [0.25, 0.3) is 0 Å². The Labute approximate surface area is 151 Å². The third-order valence-electron chi connectivity index (χ3n) is 3.72. The van der Waals surface area contributed by atoms with E-state index in [9.17, 15) is 14.7 Å². The molecule has 1 amide bonds. The Bertz CT molecular complexity index is 640. The molecule has 4 nitrogen and oxygen atoms in total. The molecular weight excluding hydrogens is 314 g/mol. The molecule has 0 saturated carbocycles. The number of carboxylic acid groups (broad SMARTS) is 1. The van der Waals surface area contributed by atoms with E-state index < -0.39 is 11.4 Å². The van der Waals surface area contributed by atoms with Crippen molar-refractivity contribution >= 4 is 17.6 Å². The molecule has 0 spiro atoms. The van der Waals surface area contributed by atoms with Crippen LogP contribution in [0.4, 0.5) is 5.69 Å². The average Bonchev–Trinajstić information content (AvgIpc) is 2.57. The monoisotopic (exact) mass is 343 g/mol. The van der Waals surface area contributed by atoms with E-state index in [4.69, 9.17) is 0 Å². The maximum atomic E-state index is 11.7. The fourth-order valence-corrected chi connectivity index (χ4v) is 2.53. The van der Waals surface area contributed by atoms with Gasteiger partial charge >= 0.3 is 5.97 Å². The van der Waals surface area contributed by atoms with E-state index in [0.29, 0.717) is 5.69 Å². The summed E-state index contributed by atoms with van der Waals surface area (Å²) >= 11 is 0. The van der Waals surface area contributed by atoms with Crippen molar-refractivity contribution in [3.63, 3.8) is 0 Å². The fraction of sp³-hybridized carbons (Fsp3) is 0.333. The third-order valence-corrected chi connectivity index (χ3v) is 3.72. The van der Waals surface area contributed by atoms with Crippen molar-refractivity contribution < 1.29 is 14.7 Å². The van der Waals surface area contributed by atoms with E-state index in [1.54, 1.807) is 44.2 Å². The maximum Gasteiger partial charge on any atom is 0.310 e. The van der Waals surface area contributed by atoms with Gasteiger partial charge in [0, 0.05) is 18.5 Å². The molecule has 0 aromatic heterocycles.